The van der Waals surface area contributed by atoms with Crippen LogP contribution in [0.3, 0.4) is 0 Å². The molecular formula is C14H15N3O3S. The number of hydrogen-bond donors (Lipinski definition) is 0. The second-order valence-electron chi connectivity index (χ2n) is 4.41. The first-order valence-corrected chi connectivity index (χ1v) is 7.95. The zero-order valence-corrected chi connectivity index (χ0v) is 12.5. The Balaban J connectivity index is 0.000000232. The van der Waals surface area contributed by atoms with E-state index in [1.165, 1.54) is 12.3 Å². The second kappa shape index (κ2) is 6.11. The van der Waals surface area contributed by atoms with Crippen LogP contribution in [0.4, 0.5) is 0 Å². The molecule has 0 aliphatic rings. The molecule has 21 heavy (non-hydrogen) atoms. The molecule has 1 aromatic carbocycles. The Morgan fingerprint density at radius 1 is 1.19 bits per heavy atom. The number of hydrogen-bond acceptors (Lipinski definition) is 5. The van der Waals surface area contributed by atoms with Crippen molar-refractivity contribution in [1.29, 1.82) is 0 Å². The number of pyridine rings is 1. The maximum Gasteiger partial charge on any atom is 0.348 e. The zero-order valence-electron chi connectivity index (χ0n) is 11.7. The minimum atomic E-state index is -3.91. The number of benzene rings is 1. The Labute approximate surface area is 122 Å². The fourth-order valence-electron chi connectivity index (χ4n) is 1.73. The molecule has 0 atom stereocenters. The molecule has 0 aliphatic heterocycles. The van der Waals surface area contributed by atoms with Crippen LogP contribution in [-0.4, -0.2) is 28.8 Å². The highest BCUT2D eigenvalue weighted by Crippen LogP contribution is 2.09. The number of para-hydroxylation sites is 1. The lowest BCUT2D eigenvalue weighted by Gasteiger charge is -1.97. The molecule has 0 amide bonds. The second-order valence-corrected chi connectivity index (χ2v) is 6.10. The molecule has 0 spiro atoms. The molecule has 3 rings (SSSR count). The average Bonchev–Trinajstić information content (AvgIpc) is 2.47. The maximum absolute atomic E-state index is 9.44. The molecule has 0 bridgehead atoms. The van der Waals surface area contributed by atoms with Crippen molar-refractivity contribution < 1.29 is 17.5 Å². The average molecular weight is 305 g/mol. The summed E-state index contributed by atoms with van der Waals surface area (Å²) in [6.07, 6.45) is 1.78. The lowest BCUT2D eigenvalue weighted by atomic mass is 10.2. The van der Waals surface area contributed by atoms with E-state index in [0.29, 0.717) is 0 Å². The molecule has 110 valence electrons. The van der Waals surface area contributed by atoms with Gasteiger partial charge in [-0.25, -0.2) is 8.42 Å². The topological polar surface area (TPSA) is 87.1 Å². The number of fused-ring (bicyclic) bond motifs is 3. The highest BCUT2D eigenvalue weighted by molar-refractivity contribution is 7.85. The van der Waals surface area contributed by atoms with Crippen molar-refractivity contribution in [2.75, 3.05) is 5.75 Å². The van der Waals surface area contributed by atoms with Crippen LogP contribution in [0.25, 0.3) is 16.6 Å². The fourth-order valence-corrected chi connectivity index (χ4v) is 1.73. The van der Waals surface area contributed by atoms with Gasteiger partial charge in [-0.3, -0.25) is 0 Å². The Bertz CT molecular complexity index is 879. The SMILES string of the molecule is CCS(=O)(=O)[O-].Cc1cnc2ccc3ccccc3[n+]2n1. The predicted molar refractivity (Wildman–Crippen MR) is 77.7 cm³/mol. The first kappa shape index (κ1) is 15.3. The molecule has 0 saturated carbocycles. The van der Waals surface area contributed by atoms with E-state index in [2.05, 4.69) is 28.3 Å². The summed E-state index contributed by atoms with van der Waals surface area (Å²) in [6.45, 7) is 3.25. The smallest absolute Gasteiger partial charge is 0.348 e. The van der Waals surface area contributed by atoms with Crippen LogP contribution >= 0.6 is 0 Å². The highest BCUT2D eigenvalue weighted by Gasteiger charge is 2.08. The predicted octanol–water partition coefficient (Wildman–Crippen LogP) is 1.23. The van der Waals surface area contributed by atoms with Crippen LogP contribution in [0.2, 0.25) is 0 Å². The first-order chi connectivity index (χ1) is 9.90. The molecule has 0 fully saturated rings. The van der Waals surface area contributed by atoms with E-state index in [0.717, 1.165) is 16.9 Å². The summed E-state index contributed by atoms with van der Waals surface area (Å²) >= 11 is 0. The summed E-state index contributed by atoms with van der Waals surface area (Å²) < 4.78 is 30.2. The van der Waals surface area contributed by atoms with Crippen LogP contribution in [0, 0.1) is 6.92 Å². The van der Waals surface area contributed by atoms with Gasteiger partial charge in [0.2, 0.25) is 0 Å². The van der Waals surface area contributed by atoms with Gasteiger partial charge in [0.25, 0.3) is 0 Å². The number of aryl methyl sites for hydroxylation is 1. The molecule has 3 aromatic rings. The molecule has 0 unspecified atom stereocenters. The molecule has 0 aliphatic carbocycles. The van der Waals surface area contributed by atoms with Gasteiger partial charge in [-0.05, 0) is 24.0 Å². The lowest BCUT2D eigenvalue weighted by molar-refractivity contribution is -0.556. The van der Waals surface area contributed by atoms with Gasteiger partial charge >= 0.3 is 5.65 Å². The maximum atomic E-state index is 9.44. The normalized spacial score (nSPS) is 11.2. The minimum Gasteiger partial charge on any atom is -0.748 e. The Hall–Kier alpha value is -2.12. The third-order valence-corrected chi connectivity index (χ3v) is 3.50. The molecule has 0 saturated heterocycles. The van der Waals surface area contributed by atoms with E-state index >= 15 is 0 Å². The van der Waals surface area contributed by atoms with Gasteiger partial charge in [-0.2, -0.15) is 0 Å². The van der Waals surface area contributed by atoms with Gasteiger partial charge in [0.15, 0.2) is 11.7 Å². The number of rotatable bonds is 1. The van der Waals surface area contributed by atoms with Crippen molar-refractivity contribution in [3.63, 3.8) is 0 Å². The van der Waals surface area contributed by atoms with Gasteiger partial charge in [0.05, 0.1) is 10.1 Å². The number of aromatic nitrogens is 3. The van der Waals surface area contributed by atoms with Crippen molar-refractivity contribution in [3.05, 3.63) is 48.3 Å². The first-order valence-electron chi connectivity index (χ1n) is 6.38. The van der Waals surface area contributed by atoms with Gasteiger partial charge in [-0.1, -0.05) is 34.7 Å². The third-order valence-electron chi connectivity index (χ3n) is 2.79. The van der Waals surface area contributed by atoms with E-state index in [1.807, 2.05) is 29.6 Å². The van der Waals surface area contributed by atoms with E-state index in [-0.39, 0.29) is 5.75 Å². The monoisotopic (exact) mass is 305 g/mol. The highest BCUT2D eigenvalue weighted by atomic mass is 32.2. The van der Waals surface area contributed by atoms with E-state index < -0.39 is 10.1 Å². The van der Waals surface area contributed by atoms with Crippen molar-refractivity contribution >= 4 is 26.7 Å². The summed E-state index contributed by atoms with van der Waals surface area (Å²) in [7, 11) is -3.91. The summed E-state index contributed by atoms with van der Waals surface area (Å²) in [6, 6.07) is 12.2. The molecule has 7 heteroatoms. The van der Waals surface area contributed by atoms with Gasteiger partial charge in [0.1, 0.15) is 5.69 Å². The summed E-state index contributed by atoms with van der Waals surface area (Å²) in [5.74, 6) is -0.312. The molecular weight excluding hydrogens is 290 g/mol. The Morgan fingerprint density at radius 2 is 1.86 bits per heavy atom. The van der Waals surface area contributed by atoms with Crippen molar-refractivity contribution in [2.45, 2.75) is 13.8 Å². The van der Waals surface area contributed by atoms with Crippen LogP contribution in [0.15, 0.2) is 42.6 Å². The molecule has 6 nitrogen and oxygen atoms in total. The zero-order chi connectivity index (χ0) is 15.5. The Morgan fingerprint density at radius 3 is 2.52 bits per heavy atom. The minimum absolute atomic E-state index is 0.312. The summed E-state index contributed by atoms with van der Waals surface area (Å²) in [5.41, 5.74) is 2.88. The fraction of sp³-hybridized carbons (Fsp3) is 0.214. The van der Waals surface area contributed by atoms with Crippen molar-refractivity contribution in [1.82, 2.24) is 10.1 Å². The third kappa shape index (κ3) is 3.93. The molecule has 2 heterocycles. The van der Waals surface area contributed by atoms with Gasteiger partial charge < -0.3 is 4.55 Å². The van der Waals surface area contributed by atoms with Crippen LogP contribution < -0.4 is 4.52 Å². The molecule has 0 radical (unpaired) electrons. The van der Waals surface area contributed by atoms with E-state index in [4.69, 9.17) is 0 Å². The van der Waals surface area contributed by atoms with E-state index in [9.17, 15) is 13.0 Å². The largest absolute Gasteiger partial charge is 0.748 e. The van der Waals surface area contributed by atoms with Crippen LogP contribution in [0.1, 0.15) is 12.6 Å². The van der Waals surface area contributed by atoms with Crippen molar-refractivity contribution in [3.8, 4) is 0 Å². The lowest BCUT2D eigenvalue weighted by Crippen LogP contribution is -2.29. The quantitative estimate of drug-likeness (QED) is 0.383. The molecule has 0 N–H and O–H groups in total. The van der Waals surface area contributed by atoms with E-state index in [1.54, 1.807) is 6.20 Å². The van der Waals surface area contributed by atoms with Crippen LogP contribution in [0.5, 0.6) is 0 Å². The molecule has 2 aromatic heterocycles. The van der Waals surface area contributed by atoms with Crippen LogP contribution in [-0.2, 0) is 10.1 Å². The standard InChI is InChI=1S/C12H10N3.C2H6O3S/c1-9-8-13-12-7-6-10-4-2-3-5-11(10)15(12)14-9;1-2-6(3,4)5/h2-8H,1H3;2H2,1H3,(H,3,4,5)/q+1;/p-1. The number of nitrogens with zero attached hydrogens (tertiary/aromatic N) is 3. The van der Waals surface area contributed by atoms with Gasteiger partial charge in [0, 0.05) is 17.2 Å². The summed E-state index contributed by atoms with van der Waals surface area (Å²) in [4.78, 5) is 4.33. The Kier molecular flexibility index (Phi) is 4.44. The van der Waals surface area contributed by atoms with Gasteiger partial charge in [-0.15, -0.1) is 0 Å². The van der Waals surface area contributed by atoms with Crippen molar-refractivity contribution in [2.24, 2.45) is 0 Å². The summed E-state index contributed by atoms with van der Waals surface area (Å²) in [5, 5.41) is 5.63.